The molecule has 1 aromatic carbocycles. The SMILES string of the molecule is CN(C(=O)NCCS(C)(=O)=O)c1ccccc1C(=O)O. The van der Waals surface area contributed by atoms with Gasteiger partial charge in [-0.25, -0.2) is 18.0 Å². The first-order chi connectivity index (χ1) is 9.22. The molecule has 110 valence electrons. The summed E-state index contributed by atoms with van der Waals surface area (Å²) >= 11 is 0. The van der Waals surface area contributed by atoms with Gasteiger partial charge in [-0.05, 0) is 12.1 Å². The molecular weight excluding hydrogens is 284 g/mol. The molecule has 8 heteroatoms. The fourth-order valence-electron chi connectivity index (χ4n) is 1.52. The Balaban J connectivity index is 2.77. The second-order valence-electron chi connectivity index (χ2n) is 4.24. The zero-order valence-electron chi connectivity index (χ0n) is 11.2. The maximum absolute atomic E-state index is 11.8. The number of nitrogens with one attached hydrogen (secondary N) is 1. The smallest absolute Gasteiger partial charge is 0.337 e. The zero-order chi connectivity index (χ0) is 15.3. The van der Waals surface area contributed by atoms with Crippen LogP contribution in [0.5, 0.6) is 0 Å². The number of hydrogen-bond donors (Lipinski definition) is 2. The van der Waals surface area contributed by atoms with Gasteiger partial charge in [0.25, 0.3) is 0 Å². The molecule has 1 rings (SSSR count). The number of carboxylic acid groups (broad SMARTS) is 1. The molecule has 0 saturated heterocycles. The molecule has 20 heavy (non-hydrogen) atoms. The quantitative estimate of drug-likeness (QED) is 0.827. The number of aromatic carboxylic acids is 1. The second-order valence-corrected chi connectivity index (χ2v) is 6.50. The lowest BCUT2D eigenvalue weighted by molar-refractivity contribution is 0.0697. The van der Waals surface area contributed by atoms with E-state index in [0.29, 0.717) is 0 Å². The van der Waals surface area contributed by atoms with Crippen LogP contribution < -0.4 is 10.2 Å². The first-order valence-corrected chi connectivity index (χ1v) is 7.80. The molecule has 0 radical (unpaired) electrons. The van der Waals surface area contributed by atoms with Crippen molar-refractivity contribution in [2.75, 3.05) is 30.5 Å². The van der Waals surface area contributed by atoms with Gasteiger partial charge in [-0.3, -0.25) is 4.90 Å². The van der Waals surface area contributed by atoms with Gasteiger partial charge in [-0.1, -0.05) is 12.1 Å². The first kappa shape index (κ1) is 16.0. The van der Waals surface area contributed by atoms with E-state index in [1.807, 2.05) is 0 Å². The Kier molecular flexibility index (Phi) is 5.09. The fourth-order valence-corrected chi connectivity index (χ4v) is 1.99. The molecule has 2 N–H and O–H groups in total. The van der Waals surface area contributed by atoms with Gasteiger partial charge in [0, 0.05) is 19.8 Å². The van der Waals surface area contributed by atoms with Crippen LogP contribution in [-0.2, 0) is 9.84 Å². The van der Waals surface area contributed by atoms with Gasteiger partial charge in [0.15, 0.2) is 0 Å². The summed E-state index contributed by atoms with van der Waals surface area (Å²) < 4.78 is 21.9. The normalized spacial score (nSPS) is 10.9. The molecule has 0 aliphatic rings. The number of amides is 2. The number of sulfone groups is 1. The highest BCUT2D eigenvalue weighted by Crippen LogP contribution is 2.18. The van der Waals surface area contributed by atoms with Crippen LogP contribution in [0, 0.1) is 0 Å². The Bertz CT molecular complexity index is 612. The number of carbonyl (C=O) groups excluding carboxylic acids is 1. The van der Waals surface area contributed by atoms with Gasteiger partial charge in [0.2, 0.25) is 0 Å². The Morgan fingerprint density at radius 3 is 2.45 bits per heavy atom. The number of anilines is 1. The Morgan fingerprint density at radius 1 is 1.30 bits per heavy atom. The lowest BCUT2D eigenvalue weighted by atomic mass is 10.1. The van der Waals surface area contributed by atoms with Crippen molar-refractivity contribution in [2.24, 2.45) is 0 Å². The summed E-state index contributed by atoms with van der Waals surface area (Å²) in [5, 5.41) is 11.5. The van der Waals surface area contributed by atoms with Crippen LogP contribution in [0.25, 0.3) is 0 Å². The van der Waals surface area contributed by atoms with E-state index in [4.69, 9.17) is 5.11 Å². The fraction of sp³-hybridized carbons (Fsp3) is 0.333. The summed E-state index contributed by atoms with van der Waals surface area (Å²) in [5.74, 6) is -1.32. The molecule has 0 fully saturated rings. The third kappa shape index (κ3) is 4.54. The Morgan fingerprint density at radius 2 is 1.90 bits per heavy atom. The number of para-hydroxylation sites is 1. The molecule has 0 unspecified atom stereocenters. The Hall–Kier alpha value is -2.09. The molecule has 0 aliphatic carbocycles. The lowest BCUT2D eigenvalue weighted by Crippen LogP contribution is -2.40. The largest absolute Gasteiger partial charge is 0.478 e. The van der Waals surface area contributed by atoms with Crippen LogP contribution in [-0.4, -0.2) is 51.1 Å². The Labute approximate surface area is 117 Å². The molecule has 2 amide bonds. The zero-order valence-corrected chi connectivity index (χ0v) is 12.0. The molecular formula is C12H16N2O5S. The molecule has 0 aliphatic heterocycles. The minimum atomic E-state index is -3.16. The van der Waals surface area contributed by atoms with Gasteiger partial charge in [0.1, 0.15) is 9.84 Å². The van der Waals surface area contributed by atoms with Crippen molar-refractivity contribution in [3.8, 4) is 0 Å². The van der Waals surface area contributed by atoms with Gasteiger partial charge in [0.05, 0.1) is 17.0 Å². The van der Waals surface area contributed by atoms with Crippen molar-refractivity contribution in [1.82, 2.24) is 5.32 Å². The van der Waals surface area contributed by atoms with E-state index in [9.17, 15) is 18.0 Å². The molecule has 0 heterocycles. The minimum absolute atomic E-state index is 0.00624. The summed E-state index contributed by atoms with van der Waals surface area (Å²) in [7, 11) is -1.74. The molecule has 0 atom stereocenters. The highest BCUT2D eigenvalue weighted by molar-refractivity contribution is 7.90. The number of carbonyl (C=O) groups is 2. The van der Waals surface area contributed by atoms with Crippen LogP contribution in [0.15, 0.2) is 24.3 Å². The summed E-state index contributed by atoms with van der Waals surface area (Å²) in [6, 6.07) is 5.49. The summed E-state index contributed by atoms with van der Waals surface area (Å²) in [6.45, 7) is -0.0305. The summed E-state index contributed by atoms with van der Waals surface area (Å²) in [5.41, 5.74) is 0.227. The molecule has 0 bridgehead atoms. The molecule has 1 aromatic rings. The van der Waals surface area contributed by atoms with E-state index in [-0.39, 0.29) is 23.5 Å². The van der Waals surface area contributed by atoms with E-state index in [2.05, 4.69) is 5.32 Å². The molecule has 7 nitrogen and oxygen atoms in total. The predicted molar refractivity (Wildman–Crippen MR) is 74.9 cm³/mol. The average Bonchev–Trinajstić information content (AvgIpc) is 2.36. The predicted octanol–water partition coefficient (Wildman–Crippen LogP) is 0.575. The standard InChI is InChI=1S/C12H16N2O5S/c1-14(12(17)13-7-8-20(2,18)19)10-6-4-3-5-9(10)11(15)16/h3-6H,7-8H2,1-2H3,(H,13,17)(H,15,16). The van der Waals surface area contributed by atoms with Crippen LogP contribution in [0.1, 0.15) is 10.4 Å². The second kappa shape index (κ2) is 6.38. The summed E-state index contributed by atoms with van der Waals surface area (Å²) in [6.07, 6.45) is 1.07. The maximum Gasteiger partial charge on any atom is 0.337 e. The van der Waals surface area contributed by atoms with Gasteiger partial charge in [-0.2, -0.15) is 0 Å². The lowest BCUT2D eigenvalue weighted by Gasteiger charge is -2.19. The van der Waals surface area contributed by atoms with Gasteiger partial charge >= 0.3 is 12.0 Å². The number of carboxylic acids is 1. The minimum Gasteiger partial charge on any atom is -0.478 e. The number of urea groups is 1. The van der Waals surface area contributed by atoms with Crippen molar-refractivity contribution in [3.05, 3.63) is 29.8 Å². The highest BCUT2D eigenvalue weighted by atomic mass is 32.2. The maximum atomic E-state index is 11.8. The molecule has 0 spiro atoms. The van der Waals surface area contributed by atoms with Gasteiger partial charge < -0.3 is 10.4 Å². The summed E-state index contributed by atoms with van der Waals surface area (Å²) in [4.78, 5) is 24.0. The first-order valence-electron chi connectivity index (χ1n) is 5.74. The van der Waals surface area contributed by atoms with Crippen molar-refractivity contribution in [3.63, 3.8) is 0 Å². The van der Waals surface area contributed by atoms with Crippen LogP contribution in [0.2, 0.25) is 0 Å². The van der Waals surface area contributed by atoms with Crippen molar-refractivity contribution in [2.45, 2.75) is 0 Å². The van der Waals surface area contributed by atoms with E-state index in [1.54, 1.807) is 12.1 Å². The van der Waals surface area contributed by atoms with E-state index in [0.717, 1.165) is 11.2 Å². The van der Waals surface area contributed by atoms with E-state index < -0.39 is 21.8 Å². The molecule has 0 saturated carbocycles. The number of hydrogen-bond acceptors (Lipinski definition) is 4. The number of nitrogens with zero attached hydrogens (tertiary/aromatic N) is 1. The third-order valence-corrected chi connectivity index (χ3v) is 3.50. The topological polar surface area (TPSA) is 104 Å². The van der Waals surface area contributed by atoms with Crippen LogP contribution in [0.4, 0.5) is 10.5 Å². The van der Waals surface area contributed by atoms with E-state index >= 15 is 0 Å². The molecule has 0 aromatic heterocycles. The van der Waals surface area contributed by atoms with Gasteiger partial charge in [-0.15, -0.1) is 0 Å². The highest BCUT2D eigenvalue weighted by Gasteiger charge is 2.17. The average molecular weight is 300 g/mol. The number of benzene rings is 1. The van der Waals surface area contributed by atoms with Crippen molar-refractivity contribution < 1.29 is 23.1 Å². The third-order valence-electron chi connectivity index (χ3n) is 2.55. The van der Waals surface area contributed by atoms with Crippen molar-refractivity contribution >= 4 is 27.5 Å². The number of rotatable bonds is 5. The van der Waals surface area contributed by atoms with Crippen LogP contribution >= 0.6 is 0 Å². The van der Waals surface area contributed by atoms with E-state index in [1.165, 1.54) is 19.2 Å². The monoisotopic (exact) mass is 300 g/mol. The van der Waals surface area contributed by atoms with Crippen molar-refractivity contribution in [1.29, 1.82) is 0 Å². The van der Waals surface area contributed by atoms with Crippen LogP contribution in [0.3, 0.4) is 0 Å².